The number of benzene rings is 1. The van der Waals surface area contributed by atoms with E-state index in [0.717, 1.165) is 5.41 Å². The molecule has 0 fully saturated rings. The van der Waals surface area contributed by atoms with Gasteiger partial charge in [0, 0.05) is 11.6 Å². The molecule has 0 aliphatic carbocycles. The second kappa shape index (κ2) is 5.69. The van der Waals surface area contributed by atoms with Crippen molar-refractivity contribution in [2.75, 3.05) is 0 Å². The third-order valence-electron chi connectivity index (χ3n) is 2.21. The van der Waals surface area contributed by atoms with Crippen LogP contribution in [-0.4, -0.2) is 18.4 Å². The van der Waals surface area contributed by atoms with Gasteiger partial charge in [0.25, 0.3) is 0 Å². The van der Waals surface area contributed by atoms with Crippen molar-refractivity contribution in [2.45, 2.75) is 4.90 Å². The van der Waals surface area contributed by atoms with Gasteiger partial charge in [0.15, 0.2) is 0 Å². The van der Waals surface area contributed by atoms with E-state index in [4.69, 9.17) is 23.2 Å². The Bertz CT molecular complexity index is 730. The van der Waals surface area contributed by atoms with E-state index in [9.17, 15) is 8.42 Å². The molecule has 0 saturated heterocycles. The SMILES string of the molecule is O=S(=O)(C=Cc1ccnc(Cl)n1)c1ccccc1Cl. The highest BCUT2D eigenvalue weighted by Gasteiger charge is 2.13. The molecule has 0 unspecified atom stereocenters. The second-order valence-corrected chi connectivity index (χ2v) is 6.08. The first-order chi connectivity index (χ1) is 8.99. The Labute approximate surface area is 120 Å². The number of halogens is 2. The minimum Gasteiger partial charge on any atom is -0.226 e. The molecule has 0 aliphatic rings. The third kappa shape index (κ3) is 3.53. The monoisotopic (exact) mass is 314 g/mol. The molecule has 0 N–H and O–H groups in total. The van der Waals surface area contributed by atoms with Crippen LogP contribution in [0.15, 0.2) is 46.8 Å². The highest BCUT2D eigenvalue weighted by Crippen LogP contribution is 2.22. The van der Waals surface area contributed by atoms with E-state index in [2.05, 4.69) is 9.97 Å². The molecule has 0 atom stereocenters. The Morgan fingerprint density at radius 3 is 2.53 bits per heavy atom. The second-order valence-electron chi connectivity index (χ2n) is 3.53. The van der Waals surface area contributed by atoms with E-state index >= 15 is 0 Å². The van der Waals surface area contributed by atoms with Crippen molar-refractivity contribution in [2.24, 2.45) is 0 Å². The van der Waals surface area contributed by atoms with Gasteiger partial charge < -0.3 is 0 Å². The maximum absolute atomic E-state index is 12.1. The lowest BCUT2D eigenvalue weighted by molar-refractivity contribution is 0.605. The maximum Gasteiger partial charge on any atom is 0.222 e. The van der Waals surface area contributed by atoms with Gasteiger partial charge in [-0.1, -0.05) is 23.7 Å². The molecule has 1 aromatic carbocycles. The van der Waals surface area contributed by atoms with E-state index in [0.29, 0.717) is 5.69 Å². The van der Waals surface area contributed by atoms with E-state index in [-0.39, 0.29) is 15.2 Å². The Balaban J connectivity index is 2.35. The van der Waals surface area contributed by atoms with Gasteiger partial charge in [0.05, 0.1) is 15.6 Å². The molecule has 4 nitrogen and oxygen atoms in total. The fraction of sp³-hybridized carbons (Fsp3) is 0. The van der Waals surface area contributed by atoms with Crippen molar-refractivity contribution in [3.8, 4) is 0 Å². The number of hydrogen-bond donors (Lipinski definition) is 0. The zero-order chi connectivity index (χ0) is 13.9. The van der Waals surface area contributed by atoms with Gasteiger partial charge in [-0.2, -0.15) is 0 Å². The van der Waals surface area contributed by atoms with Gasteiger partial charge in [-0.3, -0.25) is 0 Å². The Morgan fingerprint density at radius 1 is 1.11 bits per heavy atom. The zero-order valence-corrected chi connectivity index (χ0v) is 11.8. The minimum atomic E-state index is -3.62. The van der Waals surface area contributed by atoms with Crippen LogP contribution in [0.1, 0.15) is 5.69 Å². The number of nitrogens with zero attached hydrogens (tertiary/aromatic N) is 2. The molecule has 0 saturated carbocycles. The highest BCUT2D eigenvalue weighted by atomic mass is 35.5. The Hall–Kier alpha value is -1.43. The topological polar surface area (TPSA) is 59.9 Å². The molecule has 0 spiro atoms. The number of sulfone groups is 1. The molecule has 0 amide bonds. The summed E-state index contributed by atoms with van der Waals surface area (Å²) in [6, 6.07) is 7.77. The van der Waals surface area contributed by atoms with E-state index < -0.39 is 9.84 Å². The molecule has 0 aliphatic heterocycles. The number of rotatable bonds is 3. The lowest BCUT2D eigenvalue weighted by Crippen LogP contribution is -1.97. The first-order valence-electron chi connectivity index (χ1n) is 5.15. The average molecular weight is 315 g/mol. The summed E-state index contributed by atoms with van der Waals surface area (Å²) in [6.45, 7) is 0. The van der Waals surface area contributed by atoms with Crippen LogP contribution in [-0.2, 0) is 9.84 Å². The first kappa shape index (κ1) is 14.0. The molecular formula is C12H8Cl2N2O2S. The van der Waals surface area contributed by atoms with Gasteiger partial charge in [-0.05, 0) is 35.9 Å². The fourth-order valence-electron chi connectivity index (χ4n) is 1.35. The van der Waals surface area contributed by atoms with Gasteiger partial charge >= 0.3 is 0 Å². The molecule has 0 radical (unpaired) electrons. The first-order valence-corrected chi connectivity index (χ1v) is 7.45. The maximum atomic E-state index is 12.1. The molecule has 0 bridgehead atoms. The van der Waals surface area contributed by atoms with Crippen LogP contribution >= 0.6 is 23.2 Å². The van der Waals surface area contributed by atoms with Crippen LogP contribution in [0.4, 0.5) is 0 Å². The standard InChI is InChI=1S/C12H8Cl2N2O2S/c13-10-3-1-2-4-11(10)19(17,18)8-6-9-5-7-15-12(14)16-9/h1-8H. The molecular weight excluding hydrogens is 307 g/mol. The number of aromatic nitrogens is 2. The molecule has 19 heavy (non-hydrogen) atoms. The van der Waals surface area contributed by atoms with Crippen molar-refractivity contribution in [1.29, 1.82) is 0 Å². The van der Waals surface area contributed by atoms with Crippen LogP contribution in [0.25, 0.3) is 6.08 Å². The molecule has 2 aromatic rings. The Morgan fingerprint density at radius 2 is 1.84 bits per heavy atom. The summed E-state index contributed by atoms with van der Waals surface area (Å²) in [7, 11) is -3.62. The van der Waals surface area contributed by atoms with E-state index in [1.807, 2.05) is 0 Å². The molecule has 7 heteroatoms. The summed E-state index contributed by atoms with van der Waals surface area (Å²) in [4.78, 5) is 7.62. The summed E-state index contributed by atoms with van der Waals surface area (Å²) < 4.78 is 24.1. The van der Waals surface area contributed by atoms with Crippen molar-refractivity contribution in [3.05, 3.63) is 57.9 Å². The van der Waals surface area contributed by atoms with E-state index in [1.165, 1.54) is 24.4 Å². The molecule has 98 valence electrons. The average Bonchev–Trinajstić information content (AvgIpc) is 2.37. The third-order valence-corrected chi connectivity index (χ3v) is 4.30. The summed E-state index contributed by atoms with van der Waals surface area (Å²) >= 11 is 11.5. The molecule has 1 heterocycles. The lowest BCUT2D eigenvalue weighted by Gasteiger charge is -2.01. The van der Waals surface area contributed by atoms with Crippen LogP contribution in [0, 0.1) is 0 Å². The van der Waals surface area contributed by atoms with Crippen LogP contribution in [0.3, 0.4) is 0 Å². The quantitative estimate of drug-likeness (QED) is 0.816. The van der Waals surface area contributed by atoms with Crippen molar-refractivity contribution in [1.82, 2.24) is 9.97 Å². The van der Waals surface area contributed by atoms with Gasteiger partial charge in [0.1, 0.15) is 0 Å². The predicted molar refractivity (Wildman–Crippen MR) is 74.7 cm³/mol. The van der Waals surface area contributed by atoms with Crippen LogP contribution in [0.5, 0.6) is 0 Å². The summed E-state index contributed by atoms with van der Waals surface area (Å²) in [5, 5.41) is 1.26. The highest BCUT2D eigenvalue weighted by molar-refractivity contribution is 7.94. The zero-order valence-electron chi connectivity index (χ0n) is 9.49. The van der Waals surface area contributed by atoms with Gasteiger partial charge in [-0.15, -0.1) is 0 Å². The van der Waals surface area contributed by atoms with Crippen LogP contribution in [0.2, 0.25) is 10.3 Å². The van der Waals surface area contributed by atoms with E-state index in [1.54, 1.807) is 18.2 Å². The Kier molecular flexibility index (Phi) is 4.19. The summed E-state index contributed by atoms with van der Waals surface area (Å²) in [5.41, 5.74) is 0.399. The van der Waals surface area contributed by atoms with Gasteiger partial charge in [-0.25, -0.2) is 18.4 Å². The molecule has 1 aromatic heterocycles. The normalized spacial score (nSPS) is 11.9. The summed E-state index contributed by atoms with van der Waals surface area (Å²) in [5.74, 6) is 0. The van der Waals surface area contributed by atoms with Crippen LogP contribution < -0.4 is 0 Å². The van der Waals surface area contributed by atoms with Crippen molar-refractivity contribution < 1.29 is 8.42 Å². The van der Waals surface area contributed by atoms with Crippen molar-refractivity contribution >= 4 is 39.1 Å². The molecule has 2 rings (SSSR count). The lowest BCUT2D eigenvalue weighted by atomic mass is 10.4. The summed E-state index contributed by atoms with van der Waals surface area (Å²) in [6.07, 6.45) is 2.78. The smallest absolute Gasteiger partial charge is 0.222 e. The van der Waals surface area contributed by atoms with Gasteiger partial charge in [0.2, 0.25) is 15.1 Å². The fourth-order valence-corrected chi connectivity index (χ4v) is 3.03. The minimum absolute atomic E-state index is 0.0491. The largest absolute Gasteiger partial charge is 0.226 e. The predicted octanol–water partition coefficient (Wildman–Crippen LogP) is 3.23. The van der Waals surface area contributed by atoms with Crippen molar-refractivity contribution in [3.63, 3.8) is 0 Å². The number of hydrogen-bond acceptors (Lipinski definition) is 4.